The first kappa shape index (κ1) is 12.9. The topological polar surface area (TPSA) is 38.3 Å². The van der Waals surface area contributed by atoms with Crippen LogP contribution in [0.1, 0.15) is 36.8 Å². The van der Waals surface area contributed by atoms with Crippen LogP contribution in [0.3, 0.4) is 0 Å². The quantitative estimate of drug-likeness (QED) is 0.888. The molecule has 1 aromatic rings. The predicted octanol–water partition coefficient (Wildman–Crippen LogP) is 2.81. The maximum absolute atomic E-state index is 11.9. The average molecular weight is 247 g/mol. The van der Waals surface area contributed by atoms with E-state index in [1.807, 2.05) is 19.1 Å². The lowest BCUT2D eigenvalue weighted by molar-refractivity contribution is -0.124. The van der Waals surface area contributed by atoms with Crippen LogP contribution in [0.4, 0.5) is 0 Å². The molecule has 0 saturated heterocycles. The van der Waals surface area contributed by atoms with Gasteiger partial charge in [0.15, 0.2) is 0 Å². The third kappa shape index (κ3) is 3.03. The molecule has 0 unspecified atom stereocenters. The molecule has 2 rings (SSSR count). The first-order chi connectivity index (χ1) is 8.70. The van der Waals surface area contributed by atoms with Crippen molar-refractivity contribution in [2.24, 2.45) is 5.92 Å². The number of hydrogen-bond donors (Lipinski definition) is 1. The Labute approximate surface area is 109 Å². The second-order valence-electron chi connectivity index (χ2n) is 5.00. The molecule has 1 aliphatic rings. The number of ether oxygens (including phenoxy) is 1. The third-order valence-electron chi connectivity index (χ3n) is 3.65. The van der Waals surface area contributed by atoms with Gasteiger partial charge < -0.3 is 10.1 Å². The lowest BCUT2D eigenvalue weighted by Crippen LogP contribution is -2.28. The fourth-order valence-corrected chi connectivity index (χ4v) is 2.57. The van der Waals surface area contributed by atoms with Crippen LogP contribution >= 0.6 is 0 Å². The van der Waals surface area contributed by atoms with Gasteiger partial charge in [-0.25, -0.2) is 0 Å². The first-order valence-corrected chi connectivity index (χ1v) is 6.62. The number of hydrogen-bond acceptors (Lipinski definition) is 2. The zero-order chi connectivity index (χ0) is 13.0. The highest BCUT2D eigenvalue weighted by Gasteiger charge is 2.22. The fourth-order valence-electron chi connectivity index (χ4n) is 2.57. The normalized spacial score (nSPS) is 15.7. The van der Waals surface area contributed by atoms with Gasteiger partial charge in [0.05, 0.1) is 7.11 Å². The van der Waals surface area contributed by atoms with Gasteiger partial charge in [0, 0.05) is 12.5 Å². The van der Waals surface area contributed by atoms with E-state index in [4.69, 9.17) is 4.74 Å². The number of carbonyl (C=O) groups excluding carboxylic acids is 1. The van der Waals surface area contributed by atoms with Gasteiger partial charge in [0.25, 0.3) is 0 Å². The van der Waals surface area contributed by atoms with E-state index in [1.54, 1.807) is 7.11 Å². The number of amides is 1. The van der Waals surface area contributed by atoms with Gasteiger partial charge in [-0.15, -0.1) is 0 Å². The maximum atomic E-state index is 11.9. The van der Waals surface area contributed by atoms with Crippen LogP contribution in [0.15, 0.2) is 18.2 Å². The van der Waals surface area contributed by atoms with Gasteiger partial charge in [-0.1, -0.05) is 25.0 Å². The van der Waals surface area contributed by atoms with Gasteiger partial charge >= 0.3 is 0 Å². The molecule has 0 radical (unpaired) electrons. The Morgan fingerprint density at radius 2 is 2.11 bits per heavy atom. The summed E-state index contributed by atoms with van der Waals surface area (Å²) in [6, 6.07) is 6.01. The number of carbonyl (C=O) groups is 1. The van der Waals surface area contributed by atoms with E-state index in [9.17, 15) is 4.79 Å². The number of aryl methyl sites for hydroxylation is 1. The molecule has 98 valence electrons. The zero-order valence-corrected chi connectivity index (χ0v) is 11.2. The Balaban J connectivity index is 1.89. The van der Waals surface area contributed by atoms with Gasteiger partial charge in [-0.2, -0.15) is 0 Å². The molecule has 18 heavy (non-hydrogen) atoms. The number of methoxy groups -OCH3 is 1. The van der Waals surface area contributed by atoms with Crippen molar-refractivity contribution < 1.29 is 9.53 Å². The zero-order valence-electron chi connectivity index (χ0n) is 11.2. The number of rotatable bonds is 4. The van der Waals surface area contributed by atoms with Crippen molar-refractivity contribution in [3.63, 3.8) is 0 Å². The Hall–Kier alpha value is -1.51. The van der Waals surface area contributed by atoms with E-state index in [0.717, 1.165) is 29.7 Å². The van der Waals surface area contributed by atoms with Crippen molar-refractivity contribution >= 4 is 5.91 Å². The molecule has 0 bridgehead atoms. The molecule has 3 heteroatoms. The summed E-state index contributed by atoms with van der Waals surface area (Å²) < 4.78 is 5.22. The van der Waals surface area contributed by atoms with Gasteiger partial charge in [0.1, 0.15) is 5.75 Å². The predicted molar refractivity (Wildman–Crippen MR) is 71.5 cm³/mol. The van der Waals surface area contributed by atoms with E-state index in [1.165, 1.54) is 12.8 Å². The number of nitrogens with one attached hydrogen (secondary N) is 1. The summed E-state index contributed by atoms with van der Waals surface area (Å²) >= 11 is 0. The summed E-state index contributed by atoms with van der Waals surface area (Å²) in [5, 5.41) is 3.03. The van der Waals surface area contributed by atoms with Gasteiger partial charge in [-0.05, 0) is 37.0 Å². The molecule has 1 aliphatic carbocycles. The molecule has 0 aromatic heterocycles. The minimum Gasteiger partial charge on any atom is -0.496 e. The van der Waals surface area contributed by atoms with Crippen LogP contribution in [0.2, 0.25) is 0 Å². The van der Waals surface area contributed by atoms with Crippen molar-refractivity contribution in [2.75, 3.05) is 7.11 Å². The summed E-state index contributed by atoms with van der Waals surface area (Å²) in [7, 11) is 1.67. The molecular formula is C15H21NO2. The smallest absolute Gasteiger partial charge is 0.223 e. The Morgan fingerprint density at radius 3 is 2.72 bits per heavy atom. The molecule has 1 N–H and O–H groups in total. The molecule has 0 atom stereocenters. The summed E-state index contributed by atoms with van der Waals surface area (Å²) in [5.74, 6) is 1.34. The standard InChI is InChI=1S/C15H21NO2/c1-11-9-12(7-8-14(11)18-2)10-16-15(17)13-5-3-4-6-13/h7-9,13H,3-6,10H2,1-2H3,(H,16,17). The molecule has 1 amide bonds. The first-order valence-electron chi connectivity index (χ1n) is 6.62. The van der Waals surface area contributed by atoms with Crippen LogP contribution in [0.5, 0.6) is 5.75 Å². The molecule has 1 saturated carbocycles. The summed E-state index contributed by atoms with van der Waals surface area (Å²) in [5.41, 5.74) is 2.23. The summed E-state index contributed by atoms with van der Waals surface area (Å²) in [6.45, 7) is 2.63. The highest BCUT2D eigenvalue weighted by atomic mass is 16.5. The molecular weight excluding hydrogens is 226 g/mol. The van der Waals surface area contributed by atoms with Crippen molar-refractivity contribution in [1.82, 2.24) is 5.32 Å². The average Bonchev–Trinajstić information content (AvgIpc) is 2.90. The lowest BCUT2D eigenvalue weighted by atomic mass is 10.1. The maximum Gasteiger partial charge on any atom is 0.223 e. The van der Waals surface area contributed by atoms with E-state index < -0.39 is 0 Å². The van der Waals surface area contributed by atoms with Gasteiger partial charge in [-0.3, -0.25) is 4.79 Å². The Morgan fingerprint density at radius 1 is 1.39 bits per heavy atom. The molecule has 1 fully saturated rings. The van der Waals surface area contributed by atoms with Crippen molar-refractivity contribution in [1.29, 1.82) is 0 Å². The highest BCUT2D eigenvalue weighted by Crippen LogP contribution is 2.25. The lowest BCUT2D eigenvalue weighted by Gasteiger charge is -2.11. The van der Waals surface area contributed by atoms with Crippen LogP contribution in [-0.4, -0.2) is 13.0 Å². The minimum atomic E-state index is 0.209. The van der Waals surface area contributed by atoms with E-state index in [0.29, 0.717) is 6.54 Å². The van der Waals surface area contributed by atoms with E-state index in [-0.39, 0.29) is 11.8 Å². The fraction of sp³-hybridized carbons (Fsp3) is 0.533. The highest BCUT2D eigenvalue weighted by molar-refractivity contribution is 5.78. The van der Waals surface area contributed by atoms with Crippen molar-refractivity contribution in [3.05, 3.63) is 29.3 Å². The monoisotopic (exact) mass is 247 g/mol. The Bertz CT molecular complexity index is 423. The summed E-state index contributed by atoms with van der Waals surface area (Å²) in [6.07, 6.45) is 4.49. The second-order valence-corrected chi connectivity index (χ2v) is 5.00. The number of benzene rings is 1. The van der Waals surface area contributed by atoms with Crippen LogP contribution in [-0.2, 0) is 11.3 Å². The minimum absolute atomic E-state index is 0.209. The SMILES string of the molecule is COc1ccc(CNC(=O)C2CCCC2)cc1C. The van der Waals surface area contributed by atoms with E-state index in [2.05, 4.69) is 11.4 Å². The van der Waals surface area contributed by atoms with Crippen LogP contribution in [0.25, 0.3) is 0 Å². The summed E-state index contributed by atoms with van der Waals surface area (Å²) in [4.78, 5) is 11.9. The van der Waals surface area contributed by atoms with E-state index >= 15 is 0 Å². The molecule has 0 heterocycles. The molecule has 1 aromatic carbocycles. The third-order valence-corrected chi connectivity index (χ3v) is 3.65. The van der Waals surface area contributed by atoms with Gasteiger partial charge in [0.2, 0.25) is 5.91 Å². The molecule has 0 aliphatic heterocycles. The van der Waals surface area contributed by atoms with Crippen molar-refractivity contribution in [2.45, 2.75) is 39.2 Å². The Kier molecular flexibility index (Phi) is 4.24. The van der Waals surface area contributed by atoms with Crippen molar-refractivity contribution in [3.8, 4) is 5.75 Å². The van der Waals surface area contributed by atoms with Crippen LogP contribution < -0.4 is 10.1 Å². The van der Waals surface area contributed by atoms with Crippen LogP contribution in [0, 0.1) is 12.8 Å². The molecule has 0 spiro atoms. The largest absolute Gasteiger partial charge is 0.496 e. The molecule has 3 nitrogen and oxygen atoms in total. The second kappa shape index (κ2) is 5.89.